The Kier molecular flexibility index (Phi) is 5.37. The minimum absolute atomic E-state index is 0.552. The van der Waals surface area contributed by atoms with Gasteiger partial charge in [0.05, 0.1) is 0 Å². The second-order valence-electron chi connectivity index (χ2n) is 4.04. The summed E-state index contributed by atoms with van der Waals surface area (Å²) >= 11 is 0. The fourth-order valence-corrected chi connectivity index (χ4v) is 1.66. The first-order chi connectivity index (χ1) is 7.26. The van der Waals surface area contributed by atoms with Gasteiger partial charge in [0.25, 0.3) is 0 Å². The Hall–Kier alpha value is -0.860. The van der Waals surface area contributed by atoms with Crippen LogP contribution in [0.15, 0.2) is 24.3 Å². The minimum atomic E-state index is 0.552. The van der Waals surface area contributed by atoms with E-state index >= 15 is 0 Å². The van der Waals surface area contributed by atoms with Gasteiger partial charge in [-0.1, -0.05) is 36.8 Å². The van der Waals surface area contributed by atoms with E-state index in [1.807, 2.05) is 0 Å². The fourth-order valence-electron chi connectivity index (χ4n) is 1.66. The molecule has 0 saturated heterocycles. The lowest BCUT2D eigenvalue weighted by Gasteiger charge is -2.16. The zero-order chi connectivity index (χ0) is 11.1. The number of hydrogen-bond donors (Lipinski definition) is 2. The van der Waals surface area contributed by atoms with Crippen LogP contribution in [0.25, 0.3) is 0 Å². The summed E-state index contributed by atoms with van der Waals surface area (Å²) in [4.78, 5) is 0. The molecule has 0 fully saturated rings. The van der Waals surface area contributed by atoms with Crippen molar-refractivity contribution in [3.8, 4) is 0 Å². The van der Waals surface area contributed by atoms with Crippen LogP contribution in [-0.2, 0) is 6.42 Å². The van der Waals surface area contributed by atoms with Crippen LogP contribution in [0.4, 0.5) is 0 Å². The maximum atomic E-state index is 5.48. The minimum Gasteiger partial charge on any atom is -0.329 e. The van der Waals surface area contributed by atoms with Crippen molar-refractivity contribution in [2.75, 3.05) is 13.1 Å². The largest absolute Gasteiger partial charge is 0.329 e. The molecule has 1 rings (SSSR count). The molecular weight excluding hydrogens is 184 g/mol. The molecule has 0 saturated carbocycles. The van der Waals surface area contributed by atoms with Crippen molar-refractivity contribution in [2.24, 2.45) is 5.73 Å². The van der Waals surface area contributed by atoms with Gasteiger partial charge >= 0.3 is 0 Å². The van der Waals surface area contributed by atoms with Gasteiger partial charge in [0.15, 0.2) is 0 Å². The molecule has 1 atom stereocenters. The van der Waals surface area contributed by atoms with Gasteiger partial charge in [-0.3, -0.25) is 0 Å². The van der Waals surface area contributed by atoms with Gasteiger partial charge in [0.1, 0.15) is 0 Å². The molecule has 0 spiro atoms. The maximum absolute atomic E-state index is 5.48. The van der Waals surface area contributed by atoms with Gasteiger partial charge in [0, 0.05) is 19.1 Å². The first-order valence-electron chi connectivity index (χ1n) is 5.75. The van der Waals surface area contributed by atoms with Crippen LogP contribution >= 0.6 is 0 Å². The summed E-state index contributed by atoms with van der Waals surface area (Å²) in [6.07, 6.45) is 2.24. The monoisotopic (exact) mass is 206 g/mol. The average molecular weight is 206 g/mol. The Morgan fingerprint density at radius 1 is 1.27 bits per heavy atom. The van der Waals surface area contributed by atoms with E-state index in [1.54, 1.807) is 0 Å². The van der Waals surface area contributed by atoms with Crippen LogP contribution in [0.3, 0.4) is 0 Å². The van der Waals surface area contributed by atoms with E-state index in [1.165, 1.54) is 11.1 Å². The molecular formula is C13H22N2. The smallest absolute Gasteiger partial charge is 0.0105 e. The Morgan fingerprint density at radius 2 is 1.93 bits per heavy atom. The summed E-state index contributed by atoms with van der Waals surface area (Å²) in [5.41, 5.74) is 8.20. The third kappa shape index (κ3) is 4.45. The molecule has 2 nitrogen and oxygen atoms in total. The predicted octanol–water partition coefficient (Wildman–Crippen LogP) is 1.86. The Bertz CT molecular complexity index is 266. The summed E-state index contributed by atoms with van der Waals surface area (Å²) in [6.45, 7) is 5.95. The molecule has 0 aromatic heterocycles. The van der Waals surface area contributed by atoms with Crippen molar-refractivity contribution in [3.63, 3.8) is 0 Å². The van der Waals surface area contributed by atoms with Gasteiger partial charge in [-0.2, -0.15) is 0 Å². The summed E-state index contributed by atoms with van der Waals surface area (Å²) < 4.78 is 0. The number of hydrogen-bond acceptors (Lipinski definition) is 2. The van der Waals surface area contributed by atoms with Gasteiger partial charge < -0.3 is 11.1 Å². The lowest BCUT2D eigenvalue weighted by Crippen LogP contribution is -2.34. The van der Waals surface area contributed by atoms with E-state index in [9.17, 15) is 0 Å². The predicted molar refractivity (Wildman–Crippen MR) is 66.0 cm³/mol. The van der Waals surface area contributed by atoms with Crippen LogP contribution in [0, 0.1) is 6.92 Å². The van der Waals surface area contributed by atoms with E-state index in [0.29, 0.717) is 12.6 Å². The third-order valence-corrected chi connectivity index (χ3v) is 2.67. The van der Waals surface area contributed by atoms with E-state index in [4.69, 9.17) is 5.73 Å². The van der Waals surface area contributed by atoms with Crippen molar-refractivity contribution in [3.05, 3.63) is 35.4 Å². The van der Waals surface area contributed by atoms with Crippen LogP contribution < -0.4 is 11.1 Å². The number of rotatable bonds is 6. The van der Waals surface area contributed by atoms with Crippen LogP contribution in [0.2, 0.25) is 0 Å². The number of benzene rings is 1. The molecule has 15 heavy (non-hydrogen) atoms. The van der Waals surface area contributed by atoms with Gasteiger partial charge in [0.2, 0.25) is 0 Å². The second-order valence-corrected chi connectivity index (χ2v) is 4.04. The lowest BCUT2D eigenvalue weighted by molar-refractivity contribution is 0.501. The SMILES string of the molecule is CCC(Cc1ccc(C)cc1)NCCN. The molecule has 1 aromatic rings. The second kappa shape index (κ2) is 6.59. The Labute approximate surface area is 92.9 Å². The zero-order valence-electron chi connectivity index (χ0n) is 9.79. The van der Waals surface area contributed by atoms with Crippen molar-refractivity contribution >= 4 is 0 Å². The van der Waals surface area contributed by atoms with Crippen molar-refractivity contribution < 1.29 is 0 Å². The van der Waals surface area contributed by atoms with E-state index in [-0.39, 0.29) is 0 Å². The third-order valence-electron chi connectivity index (χ3n) is 2.67. The molecule has 3 N–H and O–H groups in total. The van der Waals surface area contributed by atoms with E-state index in [2.05, 4.69) is 43.4 Å². The summed E-state index contributed by atoms with van der Waals surface area (Å²) in [6, 6.07) is 9.32. The number of nitrogens with one attached hydrogen (secondary N) is 1. The highest BCUT2D eigenvalue weighted by atomic mass is 14.9. The molecule has 1 unspecified atom stereocenters. The number of aryl methyl sites for hydroxylation is 1. The zero-order valence-corrected chi connectivity index (χ0v) is 9.79. The molecule has 0 aliphatic heterocycles. The Morgan fingerprint density at radius 3 is 2.47 bits per heavy atom. The van der Waals surface area contributed by atoms with E-state index in [0.717, 1.165) is 19.4 Å². The summed E-state index contributed by atoms with van der Waals surface area (Å²) in [7, 11) is 0. The van der Waals surface area contributed by atoms with Crippen LogP contribution in [-0.4, -0.2) is 19.1 Å². The fraction of sp³-hybridized carbons (Fsp3) is 0.538. The van der Waals surface area contributed by atoms with Crippen LogP contribution in [0.5, 0.6) is 0 Å². The average Bonchev–Trinajstić information content (AvgIpc) is 2.27. The molecule has 0 amide bonds. The van der Waals surface area contributed by atoms with E-state index < -0.39 is 0 Å². The first kappa shape index (κ1) is 12.2. The Balaban J connectivity index is 2.47. The normalized spacial score (nSPS) is 12.7. The highest BCUT2D eigenvalue weighted by molar-refractivity contribution is 5.22. The molecule has 2 heteroatoms. The van der Waals surface area contributed by atoms with Gasteiger partial charge in [-0.15, -0.1) is 0 Å². The lowest BCUT2D eigenvalue weighted by atomic mass is 10.0. The van der Waals surface area contributed by atoms with Gasteiger partial charge in [-0.05, 0) is 25.3 Å². The quantitative estimate of drug-likeness (QED) is 0.745. The molecule has 0 aliphatic rings. The van der Waals surface area contributed by atoms with Crippen molar-refractivity contribution in [1.82, 2.24) is 5.32 Å². The summed E-state index contributed by atoms with van der Waals surface area (Å²) in [5.74, 6) is 0. The molecule has 1 aromatic carbocycles. The van der Waals surface area contributed by atoms with Crippen molar-refractivity contribution in [2.45, 2.75) is 32.7 Å². The number of nitrogens with two attached hydrogens (primary N) is 1. The van der Waals surface area contributed by atoms with Crippen molar-refractivity contribution in [1.29, 1.82) is 0 Å². The highest BCUT2D eigenvalue weighted by Crippen LogP contribution is 2.07. The molecule has 0 bridgehead atoms. The summed E-state index contributed by atoms with van der Waals surface area (Å²) in [5, 5.41) is 3.46. The van der Waals surface area contributed by atoms with Crippen LogP contribution in [0.1, 0.15) is 24.5 Å². The molecule has 84 valence electrons. The first-order valence-corrected chi connectivity index (χ1v) is 5.75. The molecule has 0 radical (unpaired) electrons. The molecule has 0 heterocycles. The molecule has 0 aliphatic carbocycles. The highest BCUT2D eigenvalue weighted by Gasteiger charge is 2.05. The standard InChI is InChI=1S/C13H22N2/c1-3-13(15-9-8-14)10-12-6-4-11(2)5-7-12/h4-7,13,15H,3,8-10,14H2,1-2H3. The van der Waals surface area contributed by atoms with Gasteiger partial charge in [-0.25, -0.2) is 0 Å². The maximum Gasteiger partial charge on any atom is 0.0105 e. The topological polar surface area (TPSA) is 38.0 Å².